The van der Waals surface area contributed by atoms with E-state index in [1.165, 1.54) is 18.4 Å². The number of fused-ring (bicyclic) bond motifs is 1. The van der Waals surface area contributed by atoms with Crippen LogP contribution in [0.4, 0.5) is 0 Å². The Balaban J connectivity index is 1.44. The summed E-state index contributed by atoms with van der Waals surface area (Å²) < 4.78 is 15.1. The average Bonchev–Trinajstić information content (AvgIpc) is 3.25. The molecule has 0 bridgehead atoms. The van der Waals surface area contributed by atoms with E-state index >= 15 is 0 Å². The molecule has 0 aliphatic carbocycles. The second kappa shape index (κ2) is 8.92. The number of halogens is 1. The quantitative estimate of drug-likeness (QED) is 0.484. The lowest BCUT2D eigenvalue weighted by molar-refractivity contribution is -0.150. The van der Waals surface area contributed by atoms with Crippen LogP contribution >= 0.6 is 11.6 Å². The van der Waals surface area contributed by atoms with Gasteiger partial charge in [0.1, 0.15) is 5.75 Å². The minimum absolute atomic E-state index is 0.0286. The molecule has 0 radical (unpaired) electrons. The number of carbonyl (C=O) groups is 3. The van der Waals surface area contributed by atoms with Gasteiger partial charge < -0.3 is 13.9 Å². The number of ether oxygens (including phenoxy) is 2. The molecule has 1 aromatic heterocycles. The standard InChI is InChI=1S/C19H15ClN2O6/c20-14-7-8-15(13-5-2-1-4-12(13)14)27-11-18(24)28-10-17(23)21-22-19(25)16-6-3-9-26-16/h1-9H,10-11H2,(H,21,23)(H,22,25). The van der Waals surface area contributed by atoms with Crippen LogP contribution < -0.4 is 15.6 Å². The van der Waals surface area contributed by atoms with Crippen molar-refractivity contribution in [2.45, 2.75) is 0 Å². The highest BCUT2D eigenvalue weighted by Gasteiger charge is 2.13. The Morgan fingerprint density at radius 1 is 0.929 bits per heavy atom. The van der Waals surface area contributed by atoms with Crippen molar-refractivity contribution in [3.05, 3.63) is 65.6 Å². The molecule has 0 fully saturated rings. The molecule has 0 aliphatic rings. The Hall–Kier alpha value is -3.52. The average molecular weight is 403 g/mol. The molecule has 144 valence electrons. The highest BCUT2D eigenvalue weighted by molar-refractivity contribution is 6.35. The van der Waals surface area contributed by atoms with Crippen LogP contribution in [0.3, 0.4) is 0 Å². The molecule has 9 heteroatoms. The lowest BCUT2D eigenvalue weighted by Gasteiger charge is -2.10. The Morgan fingerprint density at radius 3 is 2.46 bits per heavy atom. The predicted octanol–water partition coefficient (Wildman–Crippen LogP) is 2.47. The molecule has 2 N–H and O–H groups in total. The molecule has 0 unspecified atom stereocenters. The van der Waals surface area contributed by atoms with Crippen LogP contribution in [0.15, 0.2) is 59.2 Å². The summed E-state index contributed by atoms with van der Waals surface area (Å²) in [6.07, 6.45) is 1.32. The number of hydrogen-bond donors (Lipinski definition) is 2. The molecule has 3 rings (SSSR count). The summed E-state index contributed by atoms with van der Waals surface area (Å²) in [7, 11) is 0. The Kier molecular flexibility index (Phi) is 6.13. The second-order valence-corrected chi connectivity index (χ2v) is 5.93. The Morgan fingerprint density at radius 2 is 1.71 bits per heavy atom. The zero-order chi connectivity index (χ0) is 19.9. The first-order valence-electron chi connectivity index (χ1n) is 8.13. The van der Waals surface area contributed by atoms with Crippen molar-refractivity contribution in [1.29, 1.82) is 0 Å². The fraction of sp³-hybridized carbons (Fsp3) is 0.105. The molecule has 2 amide bonds. The number of carbonyl (C=O) groups excluding carboxylic acids is 3. The zero-order valence-corrected chi connectivity index (χ0v) is 15.2. The van der Waals surface area contributed by atoms with Crippen LogP contribution in [0.2, 0.25) is 5.02 Å². The normalized spacial score (nSPS) is 10.3. The number of hydrazine groups is 1. The molecule has 2 aromatic carbocycles. The van der Waals surface area contributed by atoms with Gasteiger partial charge in [-0.15, -0.1) is 0 Å². The molecule has 3 aromatic rings. The summed E-state index contributed by atoms with van der Waals surface area (Å²) in [6, 6.07) is 13.6. The number of esters is 1. The smallest absolute Gasteiger partial charge is 0.344 e. The summed E-state index contributed by atoms with van der Waals surface area (Å²) in [6.45, 7) is -0.973. The van der Waals surface area contributed by atoms with Gasteiger partial charge in [0.15, 0.2) is 19.0 Å². The third-order valence-electron chi connectivity index (χ3n) is 3.60. The fourth-order valence-corrected chi connectivity index (χ4v) is 2.54. The summed E-state index contributed by atoms with van der Waals surface area (Å²) in [4.78, 5) is 35.0. The molecule has 1 heterocycles. The fourth-order valence-electron chi connectivity index (χ4n) is 2.32. The molecule has 8 nitrogen and oxygen atoms in total. The molecule has 0 atom stereocenters. The topological polar surface area (TPSA) is 107 Å². The summed E-state index contributed by atoms with van der Waals surface area (Å²) in [5, 5.41) is 2.11. The molecule has 0 saturated heterocycles. The van der Waals surface area contributed by atoms with Crippen molar-refractivity contribution >= 4 is 40.2 Å². The summed E-state index contributed by atoms with van der Waals surface area (Å²) >= 11 is 6.13. The van der Waals surface area contributed by atoms with Gasteiger partial charge in [-0.3, -0.25) is 20.4 Å². The van der Waals surface area contributed by atoms with Crippen molar-refractivity contribution < 1.29 is 28.3 Å². The summed E-state index contributed by atoms with van der Waals surface area (Å²) in [5.41, 5.74) is 4.22. The maximum absolute atomic E-state index is 11.8. The lowest BCUT2D eigenvalue weighted by Crippen LogP contribution is -2.43. The predicted molar refractivity (Wildman–Crippen MR) is 99.7 cm³/mol. The van der Waals surface area contributed by atoms with Crippen LogP contribution in [-0.4, -0.2) is 31.0 Å². The minimum atomic E-state index is -0.744. The van der Waals surface area contributed by atoms with E-state index in [0.29, 0.717) is 10.8 Å². The minimum Gasteiger partial charge on any atom is -0.481 e. The van der Waals surface area contributed by atoms with E-state index in [9.17, 15) is 14.4 Å². The monoisotopic (exact) mass is 402 g/mol. The first-order valence-corrected chi connectivity index (χ1v) is 8.51. The van der Waals surface area contributed by atoms with Gasteiger partial charge in [-0.2, -0.15) is 0 Å². The molecule has 0 saturated carbocycles. The van der Waals surface area contributed by atoms with Gasteiger partial charge in [0.25, 0.3) is 5.91 Å². The first-order chi connectivity index (χ1) is 13.5. The van der Waals surface area contributed by atoms with Crippen LogP contribution in [-0.2, 0) is 14.3 Å². The van der Waals surface area contributed by atoms with Gasteiger partial charge in [0, 0.05) is 15.8 Å². The van der Waals surface area contributed by atoms with Gasteiger partial charge in [0.05, 0.1) is 6.26 Å². The second-order valence-electron chi connectivity index (χ2n) is 5.52. The van der Waals surface area contributed by atoms with E-state index in [1.54, 1.807) is 12.1 Å². The molecule has 28 heavy (non-hydrogen) atoms. The molecular formula is C19H15ClN2O6. The van der Waals surface area contributed by atoms with Gasteiger partial charge in [-0.1, -0.05) is 35.9 Å². The number of rotatable bonds is 6. The van der Waals surface area contributed by atoms with Crippen molar-refractivity contribution in [2.24, 2.45) is 0 Å². The summed E-state index contributed by atoms with van der Waals surface area (Å²) in [5.74, 6) is -1.60. The van der Waals surface area contributed by atoms with Crippen molar-refractivity contribution in [2.75, 3.05) is 13.2 Å². The number of nitrogens with one attached hydrogen (secondary N) is 2. The van der Waals surface area contributed by atoms with Gasteiger partial charge >= 0.3 is 11.9 Å². The first kappa shape index (κ1) is 19.2. The third kappa shape index (κ3) is 4.80. The van der Waals surface area contributed by atoms with E-state index in [1.807, 2.05) is 24.3 Å². The third-order valence-corrected chi connectivity index (χ3v) is 3.93. The van der Waals surface area contributed by atoms with Crippen molar-refractivity contribution in [3.8, 4) is 5.75 Å². The molecule has 0 aliphatic heterocycles. The SMILES string of the molecule is O=C(COC(=O)COc1ccc(Cl)c2ccccc12)NNC(=O)c1ccco1. The van der Waals surface area contributed by atoms with Gasteiger partial charge in [-0.25, -0.2) is 4.79 Å². The van der Waals surface area contributed by atoms with Crippen LogP contribution in [0.25, 0.3) is 10.8 Å². The molecular weight excluding hydrogens is 388 g/mol. The maximum atomic E-state index is 11.8. The van der Waals surface area contributed by atoms with Gasteiger partial charge in [-0.05, 0) is 24.3 Å². The van der Waals surface area contributed by atoms with Gasteiger partial charge in [0.2, 0.25) is 0 Å². The van der Waals surface area contributed by atoms with Crippen LogP contribution in [0.1, 0.15) is 10.6 Å². The van der Waals surface area contributed by atoms with Crippen molar-refractivity contribution in [1.82, 2.24) is 10.9 Å². The maximum Gasteiger partial charge on any atom is 0.344 e. The Bertz CT molecular complexity index is 1000. The number of hydrogen-bond acceptors (Lipinski definition) is 6. The van der Waals surface area contributed by atoms with E-state index in [2.05, 4.69) is 10.9 Å². The Labute approximate surface area is 164 Å². The largest absolute Gasteiger partial charge is 0.481 e. The van der Waals surface area contributed by atoms with E-state index in [0.717, 1.165) is 10.8 Å². The van der Waals surface area contributed by atoms with Crippen molar-refractivity contribution in [3.63, 3.8) is 0 Å². The lowest BCUT2D eigenvalue weighted by atomic mass is 10.1. The van der Waals surface area contributed by atoms with E-state index in [-0.39, 0.29) is 5.76 Å². The van der Waals surface area contributed by atoms with Crippen LogP contribution in [0, 0.1) is 0 Å². The number of furan rings is 1. The highest BCUT2D eigenvalue weighted by Crippen LogP contribution is 2.31. The van der Waals surface area contributed by atoms with Crippen LogP contribution in [0.5, 0.6) is 5.75 Å². The number of amides is 2. The van der Waals surface area contributed by atoms with E-state index in [4.69, 9.17) is 25.5 Å². The number of benzene rings is 2. The highest BCUT2D eigenvalue weighted by atomic mass is 35.5. The molecule has 0 spiro atoms. The zero-order valence-electron chi connectivity index (χ0n) is 14.4. The van der Waals surface area contributed by atoms with E-state index < -0.39 is 31.0 Å².